The van der Waals surface area contributed by atoms with Gasteiger partial charge in [-0.2, -0.15) is 4.37 Å². The van der Waals surface area contributed by atoms with Crippen LogP contribution in [0.1, 0.15) is 22.5 Å². The Morgan fingerprint density at radius 3 is 2.58 bits per heavy atom. The molecule has 8 nitrogen and oxygen atoms in total. The summed E-state index contributed by atoms with van der Waals surface area (Å²) in [6.07, 6.45) is -0.581. The zero-order valence-corrected chi connectivity index (χ0v) is 13.7. The fraction of sp³-hybridized carbons (Fsp3) is 0.267. The van der Waals surface area contributed by atoms with Crippen molar-refractivity contribution in [3.63, 3.8) is 0 Å². The molecular weight excluding hydrogens is 330 g/mol. The van der Waals surface area contributed by atoms with Gasteiger partial charge in [-0.3, -0.25) is 9.59 Å². The average Bonchev–Trinajstić information content (AvgIpc) is 2.97. The van der Waals surface area contributed by atoms with Crippen molar-refractivity contribution in [2.45, 2.75) is 25.0 Å². The zero-order chi connectivity index (χ0) is 17.5. The van der Waals surface area contributed by atoms with Crippen LogP contribution in [0.25, 0.3) is 0 Å². The van der Waals surface area contributed by atoms with Crippen molar-refractivity contribution >= 4 is 39.7 Å². The minimum Gasteiger partial charge on any atom is -0.390 e. The second-order valence-electron chi connectivity index (χ2n) is 5.76. The number of hydrogen-bond donors (Lipinski definition) is 5. The van der Waals surface area contributed by atoms with Gasteiger partial charge >= 0.3 is 0 Å². The van der Waals surface area contributed by atoms with E-state index in [2.05, 4.69) is 15.0 Å². The molecule has 1 heterocycles. The molecule has 0 spiro atoms. The summed E-state index contributed by atoms with van der Waals surface area (Å²) in [4.78, 5) is 23.2. The van der Waals surface area contributed by atoms with Crippen LogP contribution in [0.4, 0.5) is 16.4 Å². The standard InChI is InChI=1S/C15H17N5O3S/c1-7-4-12(24-20-7)18-10-5-8(2-3-9(10)13(16)22)19-15(14(17)23)6-11(15)21/h2-5,11,18-19,21H,6H2,1H3,(H2,16,22)(H2,17,23)/t11?,15-/m0/s1. The van der Waals surface area contributed by atoms with Crippen LogP contribution in [0.3, 0.4) is 0 Å². The summed E-state index contributed by atoms with van der Waals surface area (Å²) in [6.45, 7) is 1.86. The maximum atomic E-state index is 11.6. The molecular formula is C15H17N5O3S. The number of nitrogens with one attached hydrogen (secondary N) is 2. The third-order valence-corrected chi connectivity index (χ3v) is 4.70. The van der Waals surface area contributed by atoms with E-state index in [1.54, 1.807) is 18.2 Å². The Morgan fingerprint density at radius 2 is 2.08 bits per heavy atom. The normalized spacial score (nSPS) is 22.0. The Bertz CT molecular complexity index is 821. The van der Waals surface area contributed by atoms with Crippen LogP contribution in [0.15, 0.2) is 24.3 Å². The number of aliphatic hydroxyl groups is 1. The highest BCUT2D eigenvalue weighted by molar-refractivity contribution is 7.10. The first-order valence-corrected chi connectivity index (χ1v) is 7.99. The van der Waals surface area contributed by atoms with Crippen LogP contribution in [0.2, 0.25) is 0 Å². The minimum atomic E-state index is -1.16. The number of carbonyl (C=O) groups is 2. The smallest absolute Gasteiger partial charge is 0.250 e. The van der Waals surface area contributed by atoms with E-state index in [-0.39, 0.29) is 6.42 Å². The lowest BCUT2D eigenvalue weighted by Gasteiger charge is -2.17. The molecule has 1 aromatic carbocycles. The maximum absolute atomic E-state index is 11.6. The second kappa shape index (κ2) is 5.77. The molecule has 7 N–H and O–H groups in total. The Balaban J connectivity index is 1.91. The van der Waals surface area contributed by atoms with Gasteiger partial charge in [-0.05, 0) is 42.7 Å². The topological polar surface area (TPSA) is 143 Å². The number of hydrogen-bond acceptors (Lipinski definition) is 7. The van der Waals surface area contributed by atoms with Gasteiger partial charge in [0.05, 0.1) is 23.0 Å². The number of anilines is 3. The number of nitrogens with zero attached hydrogens (tertiary/aromatic N) is 1. The molecule has 1 aromatic heterocycles. The number of nitrogens with two attached hydrogens (primary N) is 2. The number of amides is 2. The van der Waals surface area contributed by atoms with E-state index < -0.39 is 23.5 Å². The SMILES string of the molecule is Cc1cc(Nc2cc(N[C@@]3(C(N)=O)CC3O)ccc2C(N)=O)sn1. The van der Waals surface area contributed by atoms with Crippen molar-refractivity contribution in [2.24, 2.45) is 11.5 Å². The van der Waals surface area contributed by atoms with Crippen LogP contribution >= 0.6 is 11.5 Å². The molecule has 1 fully saturated rings. The number of primary amides is 2. The molecule has 9 heteroatoms. The van der Waals surface area contributed by atoms with E-state index >= 15 is 0 Å². The summed E-state index contributed by atoms with van der Waals surface area (Å²) in [5.41, 5.74) is 11.8. The van der Waals surface area contributed by atoms with Crippen molar-refractivity contribution in [2.75, 3.05) is 10.6 Å². The van der Waals surface area contributed by atoms with Gasteiger partial charge in [-0.15, -0.1) is 0 Å². The van der Waals surface area contributed by atoms with Crippen molar-refractivity contribution in [3.8, 4) is 0 Å². The third kappa shape index (κ3) is 2.91. The highest BCUT2D eigenvalue weighted by atomic mass is 32.1. The number of benzene rings is 1. The van der Waals surface area contributed by atoms with Crippen molar-refractivity contribution in [3.05, 3.63) is 35.5 Å². The number of aliphatic hydroxyl groups excluding tert-OH is 1. The van der Waals surface area contributed by atoms with E-state index in [1.807, 2.05) is 13.0 Å². The van der Waals surface area contributed by atoms with Gasteiger partial charge in [0.1, 0.15) is 10.5 Å². The molecule has 2 aromatic rings. The van der Waals surface area contributed by atoms with Gasteiger partial charge in [0.15, 0.2) is 0 Å². The molecule has 0 radical (unpaired) electrons. The summed E-state index contributed by atoms with van der Waals surface area (Å²) in [6, 6.07) is 6.64. The number of aromatic nitrogens is 1. The molecule has 1 unspecified atom stereocenters. The lowest BCUT2D eigenvalue weighted by molar-refractivity contribution is -0.120. The Kier molecular flexibility index (Phi) is 3.90. The Labute approximate surface area is 142 Å². The predicted octanol–water partition coefficient (Wildman–Crippen LogP) is 0.695. The Hall–Kier alpha value is -2.65. The maximum Gasteiger partial charge on any atom is 0.250 e. The van der Waals surface area contributed by atoms with Gasteiger partial charge in [0.25, 0.3) is 5.91 Å². The highest BCUT2D eigenvalue weighted by Crippen LogP contribution is 2.40. The summed E-state index contributed by atoms with van der Waals surface area (Å²) in [5, 5.41) is 16.5. The molecule has 3 rings (SSSR count). The van der Waals surface area contributed by atoms with Crippen LogP contribution in [0.5, 0.6) is 0 Å². The molecule has 2 atom stereocenters. The van der Waals surface area contributed by atoms with Crippen LogP contribution in [-0.4, -0.2) is 32.9 Å². The fourth-order valence-corrected chi connectivity index (χ4v) is 3.13. The minimum absolute atomic E-state index is 0.247. The Morgan fingerprint density at radius 1 is 1.38 bits per heavy atom. The number of carbonyl (C=O) groups excluding carboxylic acids is 2. The molecule has 2 amide bonds. The van der Waals surface area contributed by atoms with Gasteiger partial charge < -0.3 is 27.2 Å². The van der Waals surface area contributed by atoms with E-state index in [9.17, 15) is 14.7 Å². The molecule has 126 valence electrons. The molecule has 1 saturated carbocycles. The van der Waals surface area contributed by atoms with Crippen molar-refractivity contribution in [1.82, 2.24) is 4.37 Å². The first-order valence-electron chi connectivity index (χ1n) is 7.22. The summed E-state index contributed by atoms with van der Waals surface area (Å²) in [5.74, 6) is -1.21. The van der Waals surface area contributed by atoms with Crippen molar-refractivity contribution < 1.29 is 14.7 Å². The van der Waals surface area contributed by atoms with E-state index in [4.69, 9.17) is 11.5 Å². The van der Waals surface area contributed by atoms with Gasteiger partial charge in [0, 0.05) is 12.1 Å². The van der Waals surface area contributed by atoms with Crippen molar-refractivity contribution in [1.29, 1.82) is 0 Å². The zero-order valence-electron chi connectivity index (χ0n) is 12.9. The first kappa shape index (κ1) is 16.2. The molecule has 0 aliphatic heterocycles. The van der Waals surface area contributed by atoms with Crippen LogP contribution in [-0.2, 0) is 4.79 Å². The van der Waals surface area contributed by atoms with Gasteiger partial charge in [-0.1, -0.05) is 0 Å². The molecule has 24 heavy (non-hydrogen) atoms. The van der Waals surface area contributed by atoms with Crippen LogP contribution < -0.4 is 22.1 Å². The largest absolute Gasteiger partial charge is 0.390 e. The van der Waals surface area contributed by atoms with Gasteiger partial charge in [-0.25, -0.2) is 0 Å². The number of rotatable bonds is 6. The third-order valence-electron chi connectivity index (χ3n) is 3.90. The quantitative estimate of drug-likeness (QED) is 0.520. The summed E-state index contributed by atoms with van der Waals surface area (Å²) in [7, 11) is 0. The van der Waals surface area contributed by atoms with Crippen LogP contribution in [0, 0.1) is 6.92 Å². The average molecular weight is 347 g/mol. The molecule has 1 aliphatic rings. The predicted molar refractivity (Wildman–Crippen MR) is 91.3 cm³/mol. The first-order chi connectivity index (χ1) is 11.3. The molecule has 1 aliphatic carbocycles. The summed E-state index contributed by atoms with van der Waals surface area (Å²) >= 11 is 1.25. The lowest BCUT2D eigenvalue weighted by atomic mass is 10.1. The van der Waals surface area contributed by atoms with E-state index in [1.165, 1.54) is 11.5 Å². The summed E-state index contributed by atoms with van der Waals surface area (Å²) < 4.78 is 4.17. The van der Waals surface area contributed by atoms with E-state index in [0.29, 0.717) is 16.9 Å². The molecule has 0 bridgehead atoms. The lowest BCUT2D eigenvalue weighted by Crippen LogP contribution is -2.41. The number of aryl methyl sites for hydroxylation is 1. The highest BCUT2D eigenvalue weighted by Gasteiger charge is 2.59. The fourth-order valence-electron chi connectivity index (χ4n) is 2.46. The second-order valence-corrected chi connectivity index (χ2v) is 6.57. The monoisotopic (exact) mass is 347 g/mol. The van der Waals surface area contributed by atoms with E-state index in [0.717, 1.165) is 10.7 Å². The van der Waals surface area contributed by atoms with Gasteiger partial charge in [0.2, 0.25) is 5.91 Å². The molecule has 0 saturated heterocycles.